The Balaban J connectivity index is 1.48. The number of aryl methyl sites for hydroxylation is 1. The zero-order valence-electron chi connectivity index (χ0n) is 13.8. The summed E-state index contributed by atoms with van der Waals surface area (Å²) >= 11 is 1.56. The molecule has 1 saturated heterocycles. The minimum absolute atomic E-state index is 0.0930. The molecule has 0 N–H and O–H groups in total. The highest BCUT2D eigenvalue weighted by Gasteiger charge is 2.24. The highest BCUT2D eigenvalue weighted by molar-refractivity contribution is 7.09. The molecular formula is C18H21N3O2S. The zero-order chi connectivity index (χ0) is 16.9. The second kappa shape index (κ2) is 7.57. The van der Waals surface area contributed by atoms with Gasteiger partial charge in [-0.25, -0.2) is 4.98 Å². The van der Waals surface area contributed by atoms with Gasteiger partial charge in [-0.05, 0) is 12.5 Å². The molecule has 0 unspecified atom stereocenters. The molecule has 126 valence electrons. The van der Waals surface area contributed by atoms with Crippen LogP contribution in [-0.2, 0) is 22.4 Å². The standard InChI is InChI=1S/C18H21N3O2S/c1-14-19-16(13-24-14)12-18(23)21-9-7-20(8-10-21)17(22)11-15-5-3-2-4-6-15/h2-6,13H,7-12H2,1H3. The maximum Gasteiger partial charge on any atom is 0.228 e. The van der Waals surface area contributed by atoms with Crippen molar-refractivity contribution in [1.82, 2.24) is 14.8 Å². The molecule has 0 bridgehead atoms. The molecule has 24 heavy (non-hydrogen) atoms. The number of thiazole rings is 1. The summed E-state index contributed by atoms with van der Waals surface area (Å²) in [6.45, 7) is 4.35. The molecule has 1 aliphatic heterocycles. The van der Waals surface area contributed by atoms with Crippen molar-refractivity contribution in [2.75, 3.05) is 26.2 Å². The van der Waals surface area contributed by atoms with Crippen LogP contribution in [0.4, 0.5) is 0 Å². The third kappa shape index (κ3) is 4.20. The SMILES string of the molecule is Cc1nc(CC(=O)N2CCN(C(=O)Cc3ccccc3)CC2)cs1. The molecule has 2 amide bonds. The first-order valence-corrected chi connectivity index (χ1v) is 9.00. The number of hydrogen-bond donors (Lipinski definition) is 0. The number of hydrogen-bond acceptors (Lipinski definition) is 4. The van der Waals surface area contributed by atoms with Crippen LogP contribution in [0.25, 0.3) is 0 Å². The molecule has 2 aromatic rings. The number of aromatic nitrogens is 1. The summed E-state index contributed by atoms with van der Waals surface area (Å²) in [5, 5.41) is 2.92. The summed E-state index contributed by atoms with van der Waals surface area (Å²) < 4.78 is 0. The van der Waals surface area contributed by atoms with Crippen molar-refractivity contribution in [3.05, 3.63) is 52.0 Å². The summed E-state index contributed by atoms with van der Waals surface area (Å²) in [5.74, 6) is 0.221. The van der Waals surface area contributed by atoms with E-state index in [0.717, 1.165) is 16.3 Å². The molecule has 0 saturated carbocycles. The number of nitrogens with zero attached hydrogens (tertiary/aromatic N) is 3. The molecule has 0 aliphatic carbocycles. The van der Waals surface area contributed by atoms with Gasteiger partial charge in [-0.3, -0.25) is 9.59 Å². The van der Waals surface area contributed by atoms with E-state index >= 15 is 0 Å². The molecule has 1 aromatic carbocycles. The first kappa shape index (κ1) is 16.6. The average Bonchev–Trinajstić information content (AvgIpc) is 3.00. The van der Waals surface area contributed by atoms with Crippen LogP contribution in [0.1, 0.15) is 16.3 Å². The van der Waals surface area contributed by atoms with E-state index in [0.29, 0.717) is 39.0 Å². The average molecular weight is 343 g/mol. The van der Waals surface area contributed by atoms with Crippen molar-refractivity contribution < 1.29 is 9.59 Å². The van der Waals surface area contributed by atoms with E-state index < -0.39 is 0 Å². The molecule has 1 aliphatic rings. The Kier molecular flexibility index (Phi) is 5.25. The van der Waals surface area contributed by atoms with E-state index in [1.165, 1.54) is 0 Å². The number of amides is 2. The lowest BCUT2D eigenvalue weighted by Crippen LogP contribution is -2.51. The van der Waals surface area contributed by atoms with Crippen LogP contribution in [0.15, 0.2) is 35.7 Å². The minimum Gasteiger partial charge on any atom is -0.339 e. The lowest BCUT2D eigenvalue weighted by molar-refractivity contribution is -0.138. The first-order valence-electron chi connectivity index (χ1n) is 8.12. The summed E-state index contributed by atoms with van der Waals surface area (Å²) in [6.07, 6.45) is 0.773. The fourth-order valence-electron chi connectivity index (χ4n) is 2.84. The van der Waals surface area contributed by atoms with Gasteiger partial charge in [-0.15, -0.1) is 11.3 Å². The van der Waals surface area contributed by atoms with Gasteiger partial charge in [0.2, 0.25) is 11.8 Å². The van der Waals surface area contributed by atoms with Crippen LogP contribution < -0.4 is 0 Å². The van der Waals surface area contributed by atoms with Crippen molar-refractivity contribution in [3.8, 4) is 0 Å². The Hall–Kier alpha value is -2.21. The second-order valence-corrected chi connectivity index (χ2v) is 7.02. The van der Waals surface area contributed by atoms with Gasteiger partial charge in [0.25, 0.3) is 0 Å². The van der Waals surface area contributed by atoms with Gasteiger partial charge in [0.05, 0.1) is 23.5 Å². The first-order chi connectivity index (χ1) is 11.6. The van der Waals surface area contributed by atoms with Crippen molar-refractivity contribution >= 4 is 23.2 Å². The van der Waals surface area contributed by atoms with E-state index in [-0.39, 0.29) is 11.8 Å². The largest absolute Gasteiger partial charge is 0.339 e. The Morgan fingerprint density at radius 1 is 1.00 bits per heavy atom. The van der Waals surface area contributed by atoms with Gasteiger partial charge in [-0.1, -0.05) is 30.3 Å². The number of carbonyl (C=O) groups excluding carboxylic acids is 2. The highest BCUT2D eigenvalue weighted by Crippen LogP contribution is 2.12. The third-order valence-corrected chi connectivity index (χ3v) is 5.00. The molecule has 0 spiro atoms. The molecule has 3 rings (SSSR count). The second-order valence-electron chi connectivity index (χ2n) is 5.96. The lowest BCUT2D eigenvalue weighted by Gasteiger charge is -2.34. The molecule has 0 atom stereocenters. The Bertz CT molecular complexity index is 706. The minimum atomic E-state index is 0.0930. The molecule has 1 fully saturated rings. The number of piperazine rings is 1. The summed E-state index contributed by atoms with van der Waals surface area (Å²) in [6, 6.07) is 9.77. The third-order valence-electron chi connectivity index (χ3n) is 4.18. The van der Waals surface area contributed by atoms with Crippen molar-refractivity contribution in [2.24, 2.45) is 0 Å². The zero-order valence-corrected chi connectivity index (χ0v) is 14.6. The van der Waals surface area contributed by atoms with Crippen LogP contribution in [0.2, 0.25) is 0 Å². The highest BCUT2D eigenvalue weighted by atomic mass is 32.1. The van der Waals surface area contributed by atoms with Crippen molar-refractivity contribution in [1.29, 1.82) is 0 Å². The number of rotatable bonds is 4. The fourth-order valence-corrected chi connectivity index (χ4v) is 3.46. The van der Waals surface area contributed by atoms with Crippen LogP contribution in [0.5, 0.6) is 0 Å². The van der Waals surface area contributed by atoms with Gasteiger partial charge in [0.15, 0.2) is 0 Å². The van der Waals surface area contributed by atoms with Crippen LogP contribution in [0, 0.1) is 6.92 Å². The molecule has 2 heterocycles. The summed E-state index contributed by atoms with van der Waals surface area (Å²) in [4.78, 5) is 32.7. The maximum atomic E-state index is 12.4. The molecule has 1 aromatic heterocycles. The van der Waals surface area contributed by atoms with Gasteiger partial charge in [-0.2, -0.15) is 0 Å². The summed E-state index contributed by atoms with van der Waals surface area (Å²) in [7, 11) is 0. The Morgan fingerprint density at radius 3 is 2.12 bits per heavy atom. The van der Waals surface area contributed by atoms with E-state index in [1.54, 1.807) is 11.3 Å². The van der Waals surface area contributed by atoms with Gasteiger partial charge >= 0.3 is 0 Å². The summed E-state index contributed by atoms with van der Waals surface area (Å²) in [5.41, 5.74) is 1.87. The van der Waals surface area contributed by atoms with Gasteiger partial charge in [0, 0.05) is 31.6 Å². The van der Waals surface area contributed by atoms with Crippen LogP contribution in [0.3, 0.4) is 0 Å². The van der Waals surface area contributed by atoms with E-state index in [1.807, 2.05) is 52.4 Å². The predicted octanol–water partition coefficient (Wildman–Crippen LogP) is 1.91. The maximum absolute atomic E-state index is 12.4. The van der Waals surface area contributed by atoms with E-state index in [4.69, 9.17) is 0 Å². The molecule has 0 radical (unpaired) electrons. The number of carbonyl (C=O) groups is 2. The van der Waals surface area contributed by atoms with Gasteiger partial charge < -0.3 is 9.80 Å². The van der Waals surface area contributed by atoms with E-state index in [2.05, 4.69) is 4.98 Å². The lowest BCUT2D eigenvalue weighted by atomic mass is 10.1. The van der Waals surface area contributed by atoms with Gasteiger partial charge in [0.1, 0.15) is 0 Å². The Labute approximate surface area is 145 Å². The Morgan fingerprint density at radius 2 is 1.58 bits per heavy atom. The number of benzene rings is 1. The van der Waals surface area contributed by atoms with E-state index in [9.17, 15) is 9.59 Å². The molecule has 5 nitrogen and oxygen atoms in total. The van der Waals surface area contributed by atoms with Crippen molar-refractivity contribution in [3.63, 3.8) is 0 Å². The smallest absolute Gasteiger partial charge is 0.228 e. The monoisotopic (exact) mass is 343 g/mol. The van der Waals surface area contributed by atoms with Crippen LogP contribution in [-0.4, -0.2) is 52.8 Å². The fraction of sp³-hybridized carbons (Fsp3) is 0.389. The molecular weight excluding hydrogens is 322 g/mol. The quantitative estimate of drug-likeness (QED) is 0.852. The van der Waals surface area contributed by atoms with Crippen molar-refractivity contribution in [2.45, 2.75) is 19.8 Å². The van der Waals surface area contributed by atoms with Crippen LogP contribution >= 0.6 is 11.3 Å². The topological polar surface area (TPSA) is 53.5 Å². The molecule has 6 heteroatoms. The predicted molar refractivity (Wildman–Crippen MR) is 93.9 cm³/mol. The normalized spacial score (nSPS) is 14.7.